The van der Waals surface area contributed by atoms with Gasteiger partial charge < -0.3 is 5.11 Å². The van der Waals surface area contributed by atoms with Crippen molar-refractivity contribution in [3.8, 4) is 0 Å². The predicted molar refractivity (Wildman–Crippen MR) is 74.8 cm³/mol. The van der Waals surface area contributed by atoms with Crippen molar-refractivity contribution in [2.24, 2.45) is 15.2 Å². The molecule has 0 fully saturated rings. The van der Waals surface area contributed by atoms with Gasteiger partial charge in [-0.3, -0.25) is 4.99 Å². The van der Waals surface area contributed by atoms with E-state index in [1.807, 2.05) is 0 Å². The Labute approximate surface area is 110 Å². The molecule has 0 atom stereocenters. The molecule has 1 rings (SSSR count). The molecular formula is C13H15N3O3. The number of aryl methyl sites for hydroxylation is 1. The molecule has 0 aliphatic carbocycles. The van der Waals surface area contributed by atoms with Crippen LogP contribution in [0.1, 0.15) is 35.3 Å². The Morgan fingerprint density at radius 1 is 1.21 bits per heavy atom. The van der Waals surface area contributed by atoms with Crippen molar-refractivity contribution < 1.29 is 9.90 Å². The molecule has 0 radical (unpaired) electrons. The number of hydrogen-bond acceptors (Lipinski definition) is 4. The number of hydrogen-bond donors (Lipinski definition) is 1. The average Bonchev–Trinajstić information content (AvgIpc) is 2.37. The number of nitrogens with zero attached hydrogens (tertiary/aromatic N) is 3. The van der Waals surface area contributed by atoms with Gasteiger partial charge >= 0.3 is 5.97 Å². The van der Waals surface area contributed by atoms with Gasteiger partial charge in [0.15, 0.2) is 0 Å². The smallest absolute Gasteiger partial charge is 0.338 e. The van der Waals surface area contributed by atoms with Crippen LogP contribution in [0.4, 0.5) is 5.69 Å². The zero-order valence-electron chi connectivity index (χ0n) is 11.3. The molecule has 19 heavy (non-hydrogen) atoms. The van der Waals surface area contributed by atoms with E-state index in [1.165, 1.54) is 12.1 Å². The largest absolute Gasteiger partial charge is 0.478 e. The molecule has 0 aliphatic heterocycles. The molecule has 1 N–H and O–H groups in total. The summed E-state index contributed by atoms with van der Waals surface area (Å²) in [5.41, 5.74) is 1.85. The fourth-order valence-electron chi connectivity index (χ4n) is 1.69. The Morgan fingerprint density at radius 2 is 1.84 bits per heavy atom. The van der Waals surface area contributed by atoms with Crippen molar-refractivity contribution >= 4 is 23.2 Å². The first kappa shape index (κ1) is 14.7. The summed E-state index contributed by atoms with van der Waals surface area (Å²) in [5.74, 6) is -0.579. The summed E-state index contributed by atoms with van der Waals surface area (Å²) < 4.78 is 0. The number of aromatic carboxylic acids is 1. The first-order valence-electron chi connectivity index (χ1n) is 5.61. The molecule has 0 bridgehead atoms. The maximum absolute atomic E-state index is 11.0. The molecule has 0 aromatic heterocycles. The van der Waals surface area contributed by atoms with Gasteiger partial charge in [0.1, 0.15) is 11.5 Å². The van der Waals surface area contributed by atoms with Gasteiger partial charge in [-0.2, -0.15) is 0 Å². The highest BCUT2D eigenvalue weighted by molar-refractivity contribution is 6.08. The first-order valence-corrected chi connectivity index (χ1v) is 5.61. The van der Waals surface area contributed by atoms with Gasteiger partial charge in [0.05, 0.1) is 5.56 Å². The summed E-state index contributed by atoms with van der Waals surface area (Å²) in [7, 11) is 1.63. The van der Waals surface area contributed by atoms with Gasteiger partial charge in [0, 0.05) is 18.3 Å². The second kappa shape index (κ2) is 5.99. The van der Waals surface area contributed by atoms with Crippen molar-refractivity contribution in [2.45, 2.75) is 20.8 Å². The van der Waals surface area contributed by atoms with E-state index in [2.05, 4.69) is 15.2 Å². The summed E-state index contributed by atoms with van der Waals surface area (Å²) in [4.78, 5) is 29.9. The van der Waals surface area contributed by atoms with Gasteiger partial charge in [0.25, 0.3) is 0 Å². The van der Waals surface area contributed by atoms with Crippen LogP contribution in [0.5, 0.6) is 0 Å². The SMILES string of the molecule is C/N=C(C)\N=C(/C)c1cc(N=O)c(C(=O)O)cc1C. The lowest BCUT2D eigenvalue weighted by atomic mass is 10.00. The van der Waals surface area contributed by atoms with Crippen LogP contribution >= 0.6 is 0 Å². The number of amidine groups is 1. The van der Waals surface area contributed by atoms with E-state index in [1.54, 1.807) is 27.8 Å². The number of aliphatic imine (C=N–C) groups is 2. The second-order valence-electron chi connectivity index (χ2n) is 4.05. The summed E-state index contributed by atoms with van der Waals surface area (Å²) >= 11 is 0. The maximum atomic E-state index is 11.0. The van der Waals surface area contributed by atoms with Crippen LogP contribution < -0.4 is 0 Å². The Balaban J connectivity index is 3.43. The van der Waals surface area contributed by atoms with Gasteiger partial charge in [0.2, 0.25) is 0 Å². The number of carboxylic acids is 1. The number of rotatable bonds is 3. The lowest BCUT2D eigenvalue weighted by molar-refractivity contribution is 0.0697. The Hall–Kier alpha value is -2.37. The summed E-state index contributed by atoms with van der Waals surface area (Å²) in [6.45, 7) is 5.28. The van der Waals surface area contributed by atoms with Gasteiger partial charge in [-0.25, -0.2) is 9.79 Å². The molecule has 0 unspecified atom stereocenters. The van der Waals surface area contributed by atoms with E-state index in [9.17, 15) is 9.70 Å². The molecule has 0 amide bonds. The Morgan fingerprint density at radius 3 is 2.32 bits per heavy atom. The van der Waals surface area contributed by atoms with Crippen LogP contribution in [0.2, 0.25) is 0 Å². The van der Waals surface area contributed by atoms with E-state index in [4.69, 9.17) is 5.11 Å². The second-order valence-corrected chi connectivity index (χ2v) is 4.05. The topological polar surface area (TPSA) is 91.5 Å². The van der Waals surface area contributed by atoms with Crippen molar-refractivity contribution in [3.05, 3.63) is 33.7 Å². The lowest BCUT2D eigenvalue weighted by Gasteiger charge is -2.08. The molecule has 1 aromatic rings. The van der Waals surface area contributed by atoms with Crippen LogP contribution in [-0.2, 0) is 0 Å². The summed E-state index contributed by atoms with van der Waals surface area (Å²) in [6.07, 6.45) is 0. The van der Waals surface area contributed by atoms with Crippen molar-refractivity contribution in [2.75, 3.05) is 7.05 Å². The minimum Gasteiger partial charge on any atom is -0.478 e. The third-order valence-corrected chi connectivity index (χ3v) is 2.71. The van der Waals surface area contributed by atoms with Crippen molar-refractivity contribution in [1.29, 1.82) is 0 Å². The zero-order valence-corrected chi connectivity index (χ0v) is 11.3. The third-order valence-electron chi connectivity index (χ3n) is 2.71. The molecule has 100 valence electrons. The van der Waals surface area contributed by atoms with Crippen LogP contribution in [0.3, 0.4) is 0 Å². The normalized spacial score (nSPS) is 12.4. The molecule has 6 heteroatoms. The maximum Gasteiger partial charge on any atom is 0.338 e. The Bertz CT molecular complexity index is 589. The highest BCUT2D eigenvalue weighted by atomic mass is 16.4. The molecule has 0 heterocycles. The monoisotopic (exact) mass is 261 g/mol. The van der Waals surface area contributed by atoms with E-state index in [-0.39, 0.29) is 11.3 Å². The Kier molecular flexibility index (Phi) is 4.63. The van der Waals surface area contributed by atoms with E-state index >= 15 is 0 Å². The molecule has 1 aromatic carbocycles. The molecule has 6 nitrogen and oxygen atoms in total. The van der Waals surface area contributed by atoms with Gasteiger partial charge in [-0.15, -0.1) is 4.91 Å². The highest BCUT2D eigenvalue weighted by Crippen LogP contribution is 2.24. The molecule has 0 aliphatic rings. The van der Waals surface area contributed by atoms with Crippen molar-refractivity contribution in [3.63, 3.8) is 0 Å². The molecule has 0 saturated carbocycles. The highest BCUT2D eigenvalue weighted by Gasteiger charge is 2.15. The predicted octanol–water partition coefficient (Wildman–Crippen LogP) is 2.95. The van der Waals surface area contributed by atoms with E-state index in [0.29, 0.717) is 17.1 Å². The first-order chi connectivity index (χ1) is 8.90. The average molecular weight is 261 g/mol. The lowest BCUT2D eigenvalue weighted by Crippen LogP contribution is -2.05. The molecule has 0 spiro atoms. The summed E-state index contributed by atoms with van der Waals surface area (Å²) in [5, 5.41) is 11.7. The fourth-order valence-corrected chi connectivity index (χ4v) is 1.69. The van der Waals surface area contributed by atoms with E-state index < -0.39 is 5.97 Å². The molecular weight excluding hydrogens is 246 g/mol. The zero-order chi connectivity index (χ0) is 14.6. The number of carbonyl (C=O) groups is 1. The third kappa shape index (κ3) is 3.31. The van der Waals surface area contributed by atoms with Crippen LogP contribution in [0.25, 0.3) is 0 Å². The van der Waals surface area contributed by atoms with Crippen LogP contribution in [0, 0.1) is 11.8 Å². The fraction of sp³-hybridized carbons (Fsp3) is 0.308. The number of carboxylic acid groups (broad SMARTS) is 1. The van der Waals surface area contributed by atoms with E-state index in [0.717, 1.165) is 5.56 Å². The van der Waals surface area contributed by atoms with Gasteiger partial charge in [-0.05, 0) is 43.6 Å². The quantitative estimate of drug-likeness (QED) is 0.515. The minimum atomic E-state index is -1.18. The minimum absolute atomic E-state index is 0.103. The van der Waals surface area contributed by atoms with Crippen molar-refractivity contribution in [1.82, 2.24) is 0 Å². The number of nitroso groups, excluding NO2 is 1. The van der Waals surface area contributed by atoms with Crippen LogP contribution in [-0.4, -0.2) is 29.7 Å². The molecule has 0 saturated heterocycles. The van der Waals surface area contributed by atoms with Gasteiger partial charge in [-0.1, -0.05) is 0 Å². The number of benzene rings is 1. The standard InChI is InChI=1S/C13H15N3O3/c1-7-5-11(13(17)18)12(16-19)6-10(7)8(2)15-9(3)14-4/h5-6H,1-4H3,(H,17,18)/b14-9-,15-8+. The summed E-state index contributed by atoms with van der Waals surface area (Å²) in [6, 6.07) is 2.86. The van der Waals surface area contributed by atoms with Crippen LogP contribution in [0.15, 0.2) is 27.3 Å².